The van der Waals surface area contributed by atoms with E-state index in [1.807, 2.05) is 35.2 Å². The van der Waals surface area contributed by atoms with Crippen LogP contribution in [-0.2, 0) is 14.3 Å². The predicted octanol–water partition coefficient (Wildman–Crippen LogP) is 2.19. The number of Topliss-reactive ketones (excluding diaryl/α,β-unsaturated/α-hetero) is 1. The van der Waals surface area contributed by atoms with Gasteiger partial charge in [-0.1, -0.05) is 30.3 Å². The number of rotatable bonds is 4. The van der Waals surface area contributed by atoms with Crippen LogP contribution in [0.5, 0.6) is 0 Å². The number of likely N-dealkylation sites (tertiary alicyclic amines) is 1. The first kappa shape index (κ1) is 17.1. The average molecular weight is 367 g/mol. The van der Waals surface area contributed by atoms with E-state index in [0.29, 0.717) is 25.1 Å². The minimum Gasteiger partial charge on any atom is -0.396 e. The standard InChI is InChI=1S/C22H25NO4/c24-12-17-18-11-23(13-22(18)9-8-20(17)27-22)21(26)10-16-15(6-7-19(16)25)14-4-2-1-3-5-14/h1-5,17-18,20,24H,6-13H2/t17-,18+,20+,22+/m0/s1. The van der Waals surface area contributed by atoms with Crippen LogP contribution in [0.15, 0.2) is 35.9 Å². The fraction of sp³-hybridized carbons (Fsp3) is 0.545. The highest BCUT2D eigenvalue weighted by molar-refractivity contribution is 6.10. The van der Waals surface area contributed by atoms with E-state index >= 15 is 0 Å². The number of carbonyl (C=O) groups is 2. The van der Waals surface area contributed by atoms with Gasteiger partial charge in [0.1, 0.15) is 0 Å². The molecule has 3 saturated heterocycles. The highest BCUT2D eigenvalue weighted by atomic mass is 16.5. The van der Waals surface area contributed by atoms with Crippen LogP contribution in [0.1, 0.15) is 37.7 Å². The summed E-state index contributed by atoms with van der Waals surface area (Å²) < 4.78 is 6.22. The Balaban J connectivity index is 1.36. The molecule has 142 valence electrons. The zero-order valence-electron chi connectivity index (χ0n) is 15.4. The number of ketones is 1. The fourth-order valence-electron chi connectivity index (χ4n) is 5.76. The van der Waals surface area contributed by atoms with Gasteiger partial charge >= 0.3 is 0 Å². The fourth-order valence-corrected chi connectivity index (χ4v) is 5.76. The zero-order chi connectivity index (χ0) is 18.6. The van der Waals surface area contributed by atoms with E-state index in [-0.39, 0.29) is 48.3 Å². The molecule has 5 heteroatoms. The molecule has 1 spiro atoms. The van der Waals surface area contributed by atoms with Crippen molar-refractivity contribution in [1.29, 1.82) is 0 Å². The summed E-state index contributed by atoms with van der Waals surface area (Å²) in [5.41, 5.74) is 2.50. The molecule has 5 rings (SSSR count). The number of fused-ring (bicyclic) bond motifs is 1. The van der Waals surface area contributed by atoms with Crippen molar-refractivity contribution in [3.05, 3.63) is 41.5 Å². The third-order valence-electron chi connectivity index (χ3n) is 7.10. The molecule has 5 nitrogen and oxygen atoms in total. The van der Waals surface area contributed by atoms with Crippen molar-refractivity contribution < 1.29 is 19.4 Å². The molecule has 3 aliphatic heterocycles. The lowest BCUT2D eigenvalue weighted by atomic mass is 9.74. The Hall–Kier alpha value is -1.98. The molecule has 4 atom stereocenters. The van der Waals surface area contributed by atoms with Gasteiger partial charge in [-0.2, -0.15) is 0 Å². The van der Waals surface area contributed by atoms with Crippen LogP contribution in [0.3, 0.4) is 0 Å². The number of aliphatic hydroxyl groups is 1. The smallest absolute Gasteiger partial charge is 0.227 e. The van der Waals surface area contributed by atoms with Gasteiger partial charge in [0, 0.05) is 37.0 Å². The molecule has 3 heterocycles. The van der Waals surface area contributed by atoms with E-state index < -0.39 is 0 Å². The van der Waals surface area contributed by atoms with E-state index in [1.54, 1.807) is 0 Å². The van der Waals surface area contributed by atoms with Crippen molar-refractivity contribution in [2.45, 2.75) is 43.8 Å². The number of allylic oxidation sites excluding steroid dienone is 1. The van der Waals surface area contributed by atoms with Gasteiger partial charge in [-0.05, 0) is 30.4 Å². The maximum Gasteiger partial charge on any atom is 0.227 e. The summed E-state index contributed by atoms with van der Waals surface area (Å²) in [7, 11) is 0. The van der Waals surface area contributed by atoms with E-state index in [0.717, 1.165) is 30.4 Å². The Labute approximate surface area is 159 Å². The zero-order valence-corrected chi connectivity index (χ0v) is 15.4. The molecule has 1 amide bonds. The number of aliphatic hydroxyl groups excluding tert-OH is 1. The first-order valence-electron chi connectivity index (χ1n) is 9.98. The van der Waals surface area contributed by atoms with Gasteiger partial charge in [-0.3, -0.25) is 9.59 Å². The van der Waals surface area contributed by atoms with Gasteiger partial charge in [-0.25, -0.2) is 0 Å². The molecule has 27 heavy (non-hydrogen) atoms. The Bertz CT molecular complexity index is 817. The van der Waals surface area contributed by atoms with Crippen LogP contribution in [0.25, 0.3) is 5.57 Å². The van der Waals surface area contributed by atoms with Gasteiger partial charge in [0.05, 0.1) is 24.7 Å². The maximum atomic E-state index is 13.0. The minimum atomic E-state index is -0.260. The Morgan fingerprint density at radius 2 is 2.07 bits per heavy atom. The second kappa shape index (κ2) is 6.28. The summed E-state index contributed by atoms with van der Waals surface area (Å²) in [5.74, 6) is 0.488. The molecule has 0 unspecified atom stereocenters. The summed E-state index contributed by atoms with van der Waals surface area (Å²) in [4.78, 5) is 27.4. The van der Waals surface area contributed by atoms with Crippen molar-refractivity contribution in [2.24, 2.45) is 11.8 Å². The van der Waals surface area contributed by atoms with Gasteiger partial charge in [0.2, 0.25) is 5.91 Å². The van der Waals surface area contributed by atoms with E-state index in [4.69, 9.17) is 4.74 Å². The van der Waals surface area contributed by atoms with Crippen LogP contribution in [-0.4, -0.2) is 53.1 Å². The van der Waals surface area contributed by atoms with Crippen molar-refractivity contribution in [3.63, 3.8) is 0 Å². The molecule has 1 aromatic carbocycles. The SMILES string of the molecule is O=C1CCC(c2ccccc2)=C1CC(=O)N1C[C@@H]2[C@H](CO)[C@H]3CC[C@]2(C1)O3. The molecule has 0 radical (unpaired) electrons. The first-order chi connectivity index (χ1) is 13.1. The molecule has 1 aromatic rings. The molecule has 1 aliphatic carbocycles. The minimum absolute atomic E-state index is 0.0150. The monoisotopic (exact) mass is 367 g/mol. The predicted molar refractivity (Wildman–Crippen MR) is 99.7 cm³/mol. The van der Waals surface area contributed by atoms with Crippen molar-refractivity contribution in [1.82, 2.24) is 4.90 Å². The summed E-state index contributed by atoms with van der Waals surface area (Å²) in [6, 6.07) is 9.91. The molecular weight excluding hydrogens is 342 g/mol. The number of carbonyl (C=O) groups excluding carboxylic acids is 2. The van der Waals surface area contributed by atoms with Crippen LogP contribution in [0.2, 0.25) is 0 Å². The first-order valence-corrected chi connectivity index (χ1v) is 9.98. The maximum absolute atomic E-state index is 13.0. The lowest BCUT2D eigenvalue weighted by Crippen LogP contribution is -2.38. The second-order valence-corrected chi connectivity index (χ2v) is 8.41. The topological polar surface area (TPSA) is 66.8 Å². The number of hydrogen-bond acceptors (Lipinski definition) is 4. The van der Waals surface area contributed by atoms with Crippen LogP contribution in [0, 0.1) is 11.8 Å². The summed E-state index contributed by atoms with van der Waals surface area (Å²) in [6.45, 7) is 1.37. The molecule has 2 bridgehead atoms. The molecule has 0 aromatic heterocycles. The van der Waals surface area contributed by atoms with E-state index in [1.165, 1.54) is 0 Å². The third kappa shape index (κ3) is 2.59. The molecule has 0 saturated carbocycles. The second-order valence-electron chi connectivity index (χ2n) is 8.41. The number of benzene rings is 1. The highest BCUT2D eigenvalue weighted by Crippen LogP contribution is 2.54. The van der Waals surface area contributed by atoms with Crippen LogP contribution in [0.4, 0.5) is 0 Å². The Morgan fingerprint density at radius 3 is 2.85 bits per heavy atom. The summed E-state index contributed by atoms with van der Waals surface area (Å²) >= 11 is 0. The van der Waals surface area contributed by atoms with Crippen molar-refractivity contribution in [3.8, 4) is 0 Å². The molecule has 1 N–H and O–H groups in total. The number of amides is 1. The third-order valence-corrected chi connectivity index (χ3v) is 7.10. The van der Waals surface area contributed by atoms with Gasteiger partial charge < -0.3 is 14.7 Å². The van der Waals surface area contributed by atoms with Crippen LogP contribution >= 0.6 is 0 Å². The lowest BCUT2D eigenvalue weighted by Gasteiger charge is -2.27. The van der Waals surface area contributed by atoms with E-state index in [9.17, 15) is 14.7 Å². The Morgan fingerprint density at radius 1 is 1.26 bits per heavy atom. The number of hydrogen-bond donors (Lipinski definition) is 1. The summed E-state index contributed by atoms with van der Waals surface area (Å²) in [6.07, 6.45) is 3.50. The quantitative estimate of drug-likeness (QED) is 0.886. The van der Waals surface area contributed by atoms with E-state index in [2.05, 4.69) is 0 Å². The van der Waals surface area contributed by atoms with Crippen molar-refractivity contribution in [2.75, 3.05) is 19.7 Å². The molecule has 4 aliphatic rings. The van der Waals surface area contributed by atoms with Gasteiger partial charge in [0.25, 0.3) is 0 Å². The van der Waals surface area contributed by atoms with Crippen molar-refractivity contribution >= 4 is 17.3 Å². The molecular formula is C22H25NO4. The van der Waals surface area contributed by atoms with Crippen LogP contribution < -0.4 is 0 Å². The van der Waals surface area contributed by atoms with Gasteiger partial charge in [-0.15, -0.1) is 0 Å². The number of nitrogens with zero attached hydrogens (tertiary/aromatic N) is 1. The normalized spacial score (nSPS) is 34.6. The Kier molecular flexibility index (Phi) is 3.99. The lowest BCUT2D eigenvalue weighted by molar-refractivity contribution is -0.131. The highest BCUT2D eigenvalue weighted by Gasteiger charge is 2.63. The van der Waals surface area contributed by atoms with Gasteiger partial charge in [0.15, 0.2) is 5.78 Å². The molecule has 3 fully saturated rings. The number of ether oxygens (including phenoxy) is 1. The summed E-state index contributed by atoms with van der Waals surface area (Å²) in [5, 5.41) is 9.75. The largest absolute Gasteiger partial charge is 0.396 e. The average Bonchev–Trinajstić information content (AvgIpc) is 3.42.